The molecule has 3 aromatic rings. The van der Waals surface area contributed by atoms with Crippen LogP contribution in [-0.4, -0.2) is 38.3 Å². The Labute approximate surface area is 195 Å². The number of aryl methyl sites for hydroxylation is 1. The Bertz CT molecular complexity index is 1200. The van der Waals surface area contributed by atoms with Crippen molar-refractivity contribution in [2.75, 3.05) is 25.0 Å². The molecule has 7 nitrogen and oxygen atoms in total. The van der Waals surface area contributed by atoms with Gasteiger partial charge in [0.1, 0.15) is 11.5 Å². The van der Waals surface area contributed by atoms with Crippen molar-refractivity contribution in [3.63, 3.8) is 0 Å². The minimum atomic E-state index is -3.87. The topological polar surface area (TPSA) is 84.9 Å². The van der Waals surface area contributed by atoms with E-state index in [1.165, 1.54) is 6.07 Å². The predicted molar refractivity (Wildman–Crippen MR) is 128 cm³/mol. The number of nitrogens with one attached hydrogen (secondary N) is 1. The molecule has 0 aromatic heterocycles. The van der Waals surface area contributed by atoms with Crippen LogP contribution in [0.15, 0.2) is 77.7 Å². The molecule has 0 saturated carbocycles. The number of carbonyl (C=O) groups is 1. The van der Waals surface area contributed by atoms with Gasteiger partial charge in [0.05, 0.1) is 23.7 Å². The third kappa shape index (κ3) is 6.12. The Morgan fingerprint density at radius 2 is 1.64 bits per heavy atom. The second kappa shape index (κ2) is 11.0. The minimum absolute atomic E-state index is 0.117. The summed E-state index contributed by atoms with van der Waals surface area (Å²) in [6.45, 7) is 5.65. The van der Waals surface area contributed by atoms with Crippen molar-refractivity contribution in [2.45, 2.75) is 25.7 Å². The molecule has 0 aliphatic carbocycles. The second-order valence-corrected chi connectivity index (χ2v) is 9.19. The lowest BCUT2D eigenvalue weighted by molar-refractivity contribution is -0.116. The molecule has 0 bridgehead atoms. The standard InChI is InChI=1S/C25H28N2O5S/c1-4-27(33(29,30)21-15-16-23(31-5-2)19(3)17-21)18-25(28)26-22-13-9-10-14-24(22)32-20-11-7-6-8-12-20/h6-17H,4-5,18H2,1-3H3,(H,26,28). The van der Waals surface area contributed by atoms with Gasteiger partial charge >= 0.3 is 0 Å². The maximum absolute atomic E-state index is 13.2. The van der Waals surface area contributed by atoms with Gasteiger partial charge in [-0.15, -0.1) is 0 Å². The molecule has 3 aromatic carbocycles. The highest BCUT2D eigenvalue weighted by Gasteiger charge is 2.26. The first-order chi connectivity index (χ1) is 15.8. The number of hydrogen-bond acceptors (Lipinski definition) is 5. The van der Waals surface area contributed by atoms with Crippen LogP contribution in [0.3, 0.4) is 0 Å². The lowest BCUT2D eigenvalue weighted by Crippen LogP contribution is -2.37. The number of anilines is 1. The first-order valence-corrected chi connectivity index (χ1v) is 12.1. The van der Waals surface area contributed by atoms with Crippen LogP contribution in [0.1, 0.15) is 19.4 Å². The van der Waals surface area contributed by atoms with Crippen LogP contribution in [0.25, 0.3) is 0 Å². The van der Waals surface area contributed by atoms with E-state index in [0.29, 0.717) is 35.1 Å². The van der Waals surface area contributed by atoms with Gasteiger partial charge in [-0.05, 0) is 61.9 Å². The number of hydrogen-bond donors (Lipinski definition) is 1. The number of sulfonamides is 1. The zero-order valence-corrected chi connectivity index (χ0v) is 19.8. The van der Waals surface area contributed by atoms with Crippen molar-refractivity contribution in [2.24, 2.45) is 0 Å². The number of likely N-dealkylation sites (N-methyl/N-ethyl adjacent to an activating group) is 1. The number of benzene rings is 3. The van der Waals surface area contributed by atoms with Crippen molar-refractivity contribution < 1.29 is 22.7 Å². The average molecular weight is 469 g/mol. The van der Waals surface area contributed by atoms with E-state index in [0.717, 1.165) is 4.31 Å². The summed E-state index contributed by atoms with van der Waals surface area (Å²) in [6.07, 6.45) is 0. The minimum Gasteiger partial charge on any atom is -0.494 e. The molecule has 174 valence electrons. The van der Waals surface area contributed by atoms with Crippen LogP contribution in [-0.2, 0) is 14.8 Å². The molecule has 0 fully saturated rings. The summed E-state index contributed by atoms with van der Waals surface area (Å²) in [6, 6.07) is 20.9. The summed E-state index contributed by atoms with van der Waals surface area (Å²) in [5, 5.41) is 2.77. The predicted octanol–water partition coefficient (Wildman–Crippen LogP) is 4.84. The molecular weight excluding hydrogens is 440 g/mol. The van der Waals surface area contributed by atoms with Gasteiger partial charge in [0.15, 0.2) is 5.75 Å². The first-order valence-electron chi connectivity index (χ1n) is 10.7. The fourth-order valence-electron chi connectivity index (χ4n) is 3.24. The van der Waals surface area contributed by atoms with E-state index in [1.54, 1.807) is 50.2 Å². The van der Waals surface area contributed by atoms with E-state index in [4.69, 9.17) is 9.47 Å². The maximum atomic E-state index is 13.2. The van der Waals surface area contributed by atoms with E-state index in [9.17, 15) is 13.2 Å². The van der Waals surface area contributed by atoms with Gasteiger partial charge in [0, 0.05) is 6.54 Å². The van der Waals surface area contributed by atoms with Gasteiger partial charge in [-0.2, -0.15) is 4.31 Å². The number of para-hydroxylation sites is 3. The van der Waals surface area contributed by atoms with E-state index in [-0.39, 0.29) is 18.0 Å². The third-order valence-electron chi connectivity index (χ3n) is 4.89. The molecule has 33 heavy (non-hydrogen) atoms. The van der Waals surface area contributed by atoms with E-state index in [2.05, 4.69) is 5.32 Å². The van der Waals surface area contributed by atoms with Gasteiger partial charge in [0.25, 0.3) is 0 Å². The van der Waals surface area contributed by atoms with Crippen LogP contribution in [0.2, 0.25) is 0 Å². The largest absolute Gasteiger partial charge is 0.494 e. The number of nitrogens with zero attached hydrogens (tertiary/aromatic N) is 1. The quantitative estimate of drug-likeness (QED) is 0.460. The van der Waals surface area contributed by atoms with E-state index < -0.39 is 15.9 Å². The molecule has 0 aliphatic heterocycles. The molecule has 0 spiro atoms. The van der Waals surface area contributed by atoms with Crippen LogP contribution >= 0.6 is 0 Å². The number of carbonyl (C=O) groups excluding carboxylic acids is 1. The highest BCUT2D eigenvalue weighted by atomic mass is 32.2. The van der Waals surface area contributed by atoms with Crippen LogP contribution in [0, 0.1) is 6.92 Å². The molecule has 0 saturated heterocycles. The van der Waals surface area contributed by atoms with Gasteiger partial charge in [-0.1, -0.05) is 37.3 Å². The Balaban J connectivity index is 1.75. The molecular formula is C25H28N2O5S. The van der Waals surface area contributed by atoms with E-state index in [1.807, 2.05) is 37.3 Å². The summed E-state index contributed by atoms with van der Waals surface area (Å²) in [7, 11) is -3.87. The van der Waals surface area contributed by atoms with Gasteiger partial charge in [-0.25, -0.2) is 8.42 Å². The molecule has 0 heterocycles. The summed E-state index contributed by atoms with van der Waals surface area (Å²) >= 11 is 0. The van der Waals surface area contributed by atoms with Crippen molar-refractivity contribution in [3.05, 3.63) is 78.4 Å². The Morgan fingerprint density at radius 1 is 0.939 bits per heavy atom. The number of amides is 1. The monoisotopic (exact) mass is 468 g/mol. The molecule has 0 unspecified atom stereocenters. The summed E-state index contributed by atoms with van der Waals surface area (Å²) in [4.78, 5) is 12.9. The molecule has 0 atom stereocenters. The molecule has 0 aliphatic rings. The number of rotatable bonds is 10. The lowest BCUT2D eigenvalue weighted by atomic mass is 10.2. The van der Waals surface area contributed by atoms with E-state index >= 15 is 0 Å². The highest BCUT2D eigenvalue weighted by molar-refractivity contribution is 7.89. The number of ether oxygens (including phenoxy) is 2. The fourth-order valence-corrected chi connectivity index (χ4v) is 4.73. The molecule has 8 heteroatoms. The van der Waals surface area contributed by atoms with Crippen molar-refractivity contribution in [3.8, 4) is 17.2 Å². The summed E-state index contributed by atoms with van der Waals surface area (Å²) < 4.78 is 38.8. The van der Waals surface area contributed by atoms with Crippen LogP contribution in [0.4, 0.5) is 5.69 Å². The Kier molecular flexibility index (Phi) is 8.08. The van der Waals surface area contributed by atoms with Crippen molar-refractivity contribution >= 4 is 21.6 Å². The second-order valence-electron chi connectivity index (χ2n) is 7.25. The van der Waals surface area contributed by atoms with Gasteiger partial charge in [0.2, 0.25) is 15.9 Å². The zero-order chi connectivity index (χ0) is 23.8. The summed E-state index contributed by atoms with van der Waals surface area (Å²) in [5.41, 5.74) is 1.17. The smallest absolute Gasteiger partial charge is 0.243 e. The van der Waals surface area contributed by atoms with Crippen molar-refractivity contribution in [1.82, 2.24) is 4.31 Å². The maximum Gasteiger partial charge on any atom is 0.243 e. The van der Waals surface area contributed by atoms with Crippen molar-refractivity contribution in [1.29, 1.82) is 0 Å². The third-order valence-corrected chi connectivity index (χ3v) is 6.81. The summed E-state index contributed by atoms with van der Waals surface area (Å²) in [5.74, 6) is 1.26. The zero-order valence-electron chi connectivity index (χ0n) is 18.9. The fraction of sp³-hybridized carbons (Fsp3) is 0.240. The Morgan fingerprint density at radius 3 is 2.30 bits per heavy atom. The average Bonchev–Trinajstić information content (AvgIpc) is 2.80. The molecule has 1 N–H and O–H groups in total. The van der Waals surface area contributed by atoms with Gasteiger partial charge in [-0.3, -0.25) is 4.79 Å². The lowest BCUT2D eigenvalue weighted by Gasteiger charge is -2.21. The Hall–Kier alpha value is -3.36. The molecule has 0 radical (unpaired) electrons. The van der Waals surface area contributed by atoms with Crippen LogP contribution < -0.4 is 14.8 Å². The SMILES string of the molecule is CCOc1ccc(S(=O)(=O)N(CC)CC(=O)Nc2ccccc2Oc2ccccc2)cc1C. The molecule has 3 rings (SSSR count). The van der Waals surface area contributed by atoms with Crippen LogP contribution in [0.5, 0.6) is 17.2 Å². The normalized spacial score (nSPS) is 11.3. The molecule has 1 amide bonds. The first kappa shape index (κ1) is 24.3. The van der Waals surface area contributed by atoms with Gasteiger partial charge < -0.3 is 14.8 Å². The highest BCUT2D eigenvalue weighted by Crippen LogP contribution is 2.29.